The highest BCUT2D eigenvalue weighted by atomic mass is 16.6. The number of cyclic esters (lactones) is 1. The summed E-state index contributed by atoms with van der Waals surface area (Å²) in [5.41, 5.74) is 3.00. The van der Waals surface area contributed by atoms with Gasteiger partial charge in [-0.15, -0.1) is 5.10 Å². The molecule has 0 amide bonds. The molecule has 0 aliphatic carbocycles. The maximum Gasteiger partial charge on any atom is 0.423 e. The summed E-state index contributed by atoms with van der Waals surface area (Å²) < 4.78 is 15.3. The van der Waals surface area contributed by atoms with E-state index < -0.39 is 23.7 Å². The van der Waals surface area contributed by atoms with E-state index in [1.807, 2.05) is 20.8 Å². The molecule has 15 nitrogen and oxygen atoms in total. The summed E-state index contributed by atoms with van der Waals surface area (Å²) >= 11 is 0. The number of aromatic hydroxyl groups is 3. The summed E-state index contributed by atoms with van der Waals surface area (Å²) in [7, 11) is 0. The topological polar surface area (TPSA) is 204 Å². The number of phenols is 2. The number of aliphatic hydroxyl groups is 1. The van der Waals surface area contributed by atoms with Crippen LogP contribution in [-0.2, 0) is 34.7 Å². The predicted octanol–water partition coefficient (Wildman–Crippen LogP) is 6.13. The molecule has 4 N–H and O–H groups in total. The molecule has 7 aromatic rings. The highest BCUT2D eigenvalue weighted by Gasteiger charge is 2.45. The van der Waals surface area contributed by atoms with Crippen LogP contribution in [0, 0.1) is 0 Å². The summed E-state index contributed by atoms with van der Waals surface area (Å²) in [6.45, 7) is 7.48. The Hall–Kier alpha value is -7.00. The van der Waals surface area contributed by atoms with Crippen LogP contribution in [0.15, 0.2) is 71.8 Å². The molecule has 0 saturated carbocycles. The van der Waals surface area contributed by atoms with Crippen LogP contribution in [0.5, 0.6) is 23.3 Å². The van der Waals surface area contributed by atoms with Crippen LogP contribution in [0.1, 0.15) is 67.9 Å². The largest absolute Gasteiger partial charge is 0.508 e. The van der Waals surface area contributed by atoms with Crippen molar-refractivity contribution in [2.75, 3.05) is 0 Å². The quantitative estimate of drug-likeness (QED) is 0.141. The fourth-order valence-electron chi connectivity index (χ4n) is 8.06. The third-order valence-corrected chi connectivity index (χ3v) is 11.1. The Kier molecular flexibility index (Phi) is 8.00. The van der Waals surface area contributed by atoms with E-state index >= 15 is 0 Å². The number of hydrogen-bond donors (Lipinski definition) is 4. The van der Waals surface area contributed by atoms with Crippen LogP contribution in [-0.4, -0.2) is 61.4 Å². The normalized spacial score (nSPS) is 15.9. The zero-order valence-corrected chi connectivity index (χ0v) is 31.3. The second kappa shape index (κ2) is 12.8. The lowest BCUT2D eigenvalue weighted by Crippen LogP contribution is -2.44. The monoisotopic (exact) mass is 768 g/mol. The molecule has 15 heteroatoms. The number of aryl methyl sites for hydroxylation is 1. The van der Waals surface area contributed by atoms with Crippen LogP contribution >= 0.6 is 0 Å². The first-order chi connectivity index (χ1) is 27.3. The lowest BCUT2D eigenvalue weighted by molar-refractivity contribution is -0.172. The third-order valence-electron chi connectivity index (χ3n) is 11.1. The van der Waals surface area contributed by atoms with Gasteiger partial charge in [-0.3, -0.25) is 9.36 Å². The molecule has 6 heterocycles. The maximum atomic E-state index is 13.7. The molecule has 3 aromatic carbocycles. The van der Waals surface area contributed by atoms with Crippen molar-refractivity contribution in [2.45, 2.75) is 65.2 Å². The standard InChI is InChI=1S/C42H36N6O9/c1-5-25-27-12-24(9-10-32(27)43-36-29(25)18-47-33(36)14-31-30(38(47)51)19-56-39(52)42(31,55)6-2)57-41(54)46-16-21-7-8-23(11-22(21)17-46)48-37(44-45-40(48)53)28-13-26(20(3)4)34(49)15-35(28)50/h7-17,20,49-50,55H,5-6,18-19H2,1-4H3,(H,45,53). The second-order valence-electron chi connectivity index (χ2n) is 14.6. The van der Waals surface area contributed by atoms with Crippen LogP contribution in [0.2, 0.25) is 0 Å². The first-order valence-electron chi connectivity index (χ1n) is 18.5. The van der Waals surface area contributed by atoms with Gasteiger partial charge in [-0.1, -0.05) is 38.9 Å². The number of benzene rings is 3. The van der Waals surface area contributed by atoms with E-state index in [9.17, 15) is 34.8 Å². The number of nitrogens with zero attached hydrogens (tertiary/aromatic N) is 6. The molecule has 0 spiro atoms. The summed E-state index contributed by atoms with van der Waals surface area (Å²) in [6, 6.07) is 14.4. The fraction of sp³-hybridized carbons (Fsp3) is 0.238. The fourth-order valence-corrected chi connectivity index (χ4v) is 8.06. The van der Waals surface area contributed by atoms with Crippen molar-refractivity contribution < 1.29 is 39.5 Å². The van der Waals surface area contributed by atoms with E-state index in [0.29, 0.717) is 45.3 Å². The molecule has 0 fully saturated rings. The van der Waals surface area contributed by atoms with Crippen LogP contribution in [0.4, 0.5) is 4.79 Å². The number of phenolic OH excluding ortho intramolecular Hbond substituents is 2. The van der Waals surface area contributed by atoms with Gasteiger partial charge < -0.3 is 34.5 Å². The van der Waals surface area contributed by atoms with Crippen LogP contribution in [0.25, 0.3) is 50.1 Å². The van der Waals surface area contributed by atoms with Crippen molar-refractivity contribution in [3.8, 4) is 51.7 Å². The van der Waals surface area contributed by atoms with Gasteiger partial charge in [0.2, 0.25) is 0 Å². The Morgan fingerprint density at radius 3 is 2.49 bits per heavy atom. The Balaban J connectivity index is 1.03. The number of rotatable bonds is 6. The molecule has 1 atom stereocenters. The van der Waals surface area contributed by atoms with E-state index in [1.165, 1.54) is 15.2 Å². The Morgan fingerprint density at radius 2 is 1.74 bits per heavy atom. The van der Waals surface area contributed by atoms with Crippen molar-refractivity contribution in [2.24, 2.45) is 0 Å². The van der Waals surface area contributed by atoms with Gasteiger partial charge in [0, 0.05) is 45.7 Å². The Morgan fingerprint density at radius 1 is 0.947 bits per heavy atom. The highest BCUT2D eigenvalue weighted by Crippen LogP contribution is 2.42. The summed E-state index contributed by atoms with van der Waals surface area (Å²) in [5, 5.41) is 53.1. The lowest BCUT2D eigenvalue weighted by atomic mass is 9.86. The minimum absolute atomic E-state index is 0.0453. The van der Waals surface area contributed by atoms with E-state index in [0.717, 1.165) is 16.5 Å². The van der Waals surface area contributed by atoms with E-state index in [-0.39, 0.29) is 70.8 Å². The average molecular weight is 769 g/mol. The van der Waals surface area contributed by atoms with Crippen molar-refractivity contribution in [3.05, 3.63) is 105 Å². The number of ether oxygens (including phenoxy) is 2. The van der Waals surface area contributed by atoms with Gasteiger partial charge in [0.25, 0.3) is 5.56 Å². The number of carbonyl (C=O) groups is 2. The van der Waals surface area contributed by atoms with E-state index in [4.69, 9.17) is 14.5 Å². The molecule has 2 aliphatic rings. The first-order valence-corrected chi connectivity index (χ1v) is 18.5. The zero-order chi connectivity index (χ0) is 40.1. The van der Waals surface area contributed by atoms with Crippen LogP contribution in [0.3, 0.4) is 0 Å². The summed E-state index contributed by atoms with van der Waals surface area (Å²) in [5.74, 6) is -0.704. The van der Waals surface area contributed by atoms with Gasteiger partial charge in [0.15, 0.2) is 11.4 Å². The highest BCUT2D eigenvalue weighted by molar-refractivity contribution is 5.92. The van der Waals surface area contributed by atoms with Gasteiger partial charge >= 0.3 is 18.1 Å². The molecule has 4 aromatic heterocycles. The van der Waals surface area contributed by atoms with Gasteiger partial charge in [0.1, 0.15) is 23.9 Å². The third kappa shape index (κ3) is 5.37. The van der Waals surface area contributed by atoms with Gasteiger partial charge in [-0.25, -0.2) is 19.1 Å². The van der Waals surface area contributed by atoms with Gasteiger partial charge in [-0.05, 0) is 72.4 Å². The van der Waals surface area contributed by atoms with Crippen molar-refractivity contribution >= 4 is 33.7 Å². The van der Waals surface area contributed by atoms with Crippen LogP contribution < -0.4 is 10.3 Å². The lowest BCUT2D eigenvalue weighted by Gasteiger charge is -2.31. The van der Waals surface area contributed by atoms with E-state index in [2.05, 4.69) is 10.2 Å². The Bertz CT molecular complexity index is 2940. The Labute approximate surface area is 323 Å². The molecule has 0 bridgehead atoms. The van der Waals surface area contributed by atoms with Crippen molar-refractivity contribution in [1.82, 2.24) is 28.9 Å². The minimum Gasteiger partial charge on any atom is -0.508 e. The number of esters is 1. The molecule has 9 rings (SSSR count). The van der Waals surface area contributed by atoms with Gasteiger partial charge in [0.05, 0.1) is 40.3 Å². The predicted molar refractivity (Wildman–Crippen MR) is 207 cm³/mol. The molecule has 2 aliphatic heterocycles. The average Bonchev–Trinajstić information content (AvgIpc) is 3.90. The maximum absolute atomic E-state index is 13.7. The minimum atomic E-state index is -1.93. The number of carbonyl (C=O) groups excluding carboxylic acids is 2. The van der Waals surface area contributed by atoms with E-state index in [1.54, 1.807) is 72.4 Å². The zero-order valence-electron chi connectivity index (χ0n) is 31.3. The molecule has 1 unspecified atom stereocenters. The molecular weight excluding hydrogens is 732 g/mol. The smallest absolute Gasteiger partial charge is 0.423 e. The molecule has 288 valence electrons. The number of hydrogen-bond acceptors (Lipinski definition) is 12. The molecule has 0 radical (unpaired) electrons. The molecule has 0 saturated heterocycles. The first kappa shape index (κ1) is 35.7. The second-order valence-corrected chi connectivity index (χ2v) is 14.6. The number of aromatic nitrogens is 6. The van der Waals surface area contributed by atoms with Crippen molar-refractivity contribution in [1.29, 1.82) is 0 Å². The number of pyridine rings is 2. The summed E-state index contributed by atoms with van der Waals surface area (Å²) in [4.78, 5) is 44.8. The molecule has 57 heavy (non-hydrogen) atoms. The number of fused-ring (bicyclic) bond motifs is 6. The van der Waals surface area contributed by atoms with Gasteiger partial charge in [-0.2, -0.15) is 0 Å². The van der Waals surface area contributed by atoms with Crippen molar-refractivity contribution in [3.63, 3.8) is 0 Å². The SMILES string of the molecule is CCc1c2c(nc3ccc(OC(=O)n4cc5ccc(-n6c(O)nnc6-c6cc(C(C)C)c(O)cc6O)cc5c4)cc13)-c1cc3c(c(=O)n1C2)COC(=O)C3(O)CC. The molecular formula is C42H36N6O9. The summed E-state index contributed by atoms with van der Waals surface area (Å²) in [6.07, 6.45) is 3.17.